The molecule has 0 saturated carbocycles. The zero-order valence-corrected chi connectivity index (χ0v) is 37.5. The van der Waals surface area contributed by atoms with Crippen molar-refractivity contribution in [3.63, 3.8) is 0 Å². The molecule has 0 fully saturated rings. The second-order valence-corrected chi connectivity index (χ2v) is 18.0. The Hall–Kier alpha value is -9.59. The molecule has 0 N–H and O–H groups in total. The van der Waals surface area contributed by atoms with Crippen LogP contribution in [0.15, 0.2) is 235 Å². The van der Waals surface area contributed by atoms with Crippen molar-refractivity contribution in [2.75, 3.05) is 0 Å². The summed E-state index contributed by atoms with van der Waals surface area (Å²) in [6.07, 6.45) is 0. The van der Waals surface area contributed by atoms with Crippen LogP contribution in [0.5, 0.6) is 0 Å². The first-order chi connectivity index (χ1) is 34.7. The summed E-state index contributed by atoms with van der Waals surface area (Å²) in [4.78, 5) is 16.1. The molecule has 5 aromatic heterocycles. The number of hydrogen-bond acceptors (Lipinski definition) is 4. The maximum Gasteiger partial charge on any atom is 0.238 e. The molecule has 0 bridgehead atoms. The maximum atomic E-state index is 6.62. The first-order valence-corrected chi connectivity index (χ1v) is 23.6. The number of aromatic nitrogens is 6. The molecule has 0 amide bonds. The van der Waals surface area contributed by atoms with Crippen molar-refractivity contribution in [2.45, 2.75) is 0 Å². The molecule has 0 atom stereocenters. The van der Waals surface area contributed by atoms with Gasteiger partial charge in [0.2, 0.25) is 5.95 Å². The number of nitrogens with zero attached hydrogens (tertiary/aromatic N) is 6. The largest absolute Gasteiger partial charge is 0.455 e. The highest BCUT2D eigenvalue weighted by molar-refractivity contribution is 6.24. The molecule has 0 radical (unpaired) electrons. The van der Waals surface area contributed by atoms with Gasteiger partial charge in [0.05, 0.1) is 38.7 Å². The Morgan fingerprint density at radius 3 is 1.53 bits per heavy atom. The molecule has 0 aliphatic rings. The number of fused-ring (bicyclic) bond motifs is 13. The van der Waals surface area contributed by atoms with Gasteiger partial charge in [0.1, 0.15) is 11.2 Å². The van der Waals surface area contributed by atoms with Crippen molar-refractivity contribution in [1.82, 2.24) is 28.7 Å². The Labute approximate surface area is 400 Å². The third kappa shape index (κ3) is 5.66. The van der Waals surface area contributed by atoms with E-state index >= 15 is 0 Å². The minimum atomic E-state index is 0.512. The van der Waals surface area contributed by atoms with Gasteiger partial charge in [-0.3, -0.25) is 4.57 Å². The monoisotopic (exact) mass is 894 g/mol. The lowest BCUT2D eigenvalue weighted by molar-refractivity contribution is 0.669. The predicted octanol–water partition coefficient (Wildman–Crippen LogP) is 16.1. The van der Waals surface area contributed by atoms with Crippen LogP contribution < -0.4 is 0 Å². The second-order valence-electron chi connectivity index (χ2n) is 18.0. The summed E-state index contributed by atoms with van der Waals surface area (Å²) in [5, 5.41) is 8.97. The quantitative estimate of drug-likeness (QED) is 0.167. The summed E-state index contributed by atoms with van der Waals surface area (Å²) in [6.45, 7) is 0. The van der Waals surface area contributed by atoms with Gasteiger partial charge < -0.3 is 13.6 Å². The summed E-state index contributed by atoms with van der Waals surface area (Å²) in [7, 11) is 0. The zero-order chi connectivity index (χ0) is 45.9. The van der Waals surface area contributed by atoms with E-state index in [9.17, 15) is 0 Å². The molecule has 326 valence electrons. The molecule has 5 heterocycles. The van der Waals surface area contributed by atoms with E-state index in [1.54, 1.807) is 0 Å². The summed E-state index contributed by atoms with van der Waals surface area (Å²) in [5.74, 6) is 1.61. The lowest BCUT2D eigenvalue weighted by atomic mass is 10.1. The smallest absolute Gasteiger partial charge is 0.238 e. The predicted molar refractivity (Wildman–Crippen MR) is 286 cm³/mol. The Bertz CT molecular complexity index is 4530. The molecule has 0 spiro atoms. The maximum absolute atomic E-state index is 6.62. The summed E-state index contributed by atoms with van der Waals surface area (Å²) in [5.41, 5.74) is 14.2. The van der Waals surface area contributed by atoms with E-state index < -0.39 is 0 Å². The molecule has 7 heteroatoms. The number of benzene rings is 10. The van der Waals surface area contributed by atoms with E-state index in [0.717, 1.165) is 93.6 Å². The standard InChI is InChI=1S/C63H38N6O/c1-3-16-39(17-4-1)40-30-32-42(33-31-40)68-56-37-34-43(67-53-26-11-7-20-44(53)45-21-8-12-27-54(45)67)38-52(56)49-36-35-48-46-22-9-13-28-55(46)69(59(48)58(49)68)63-65-61(41-18-5-2-6-19-41)64-62(66-63)51-25-15-24-50-47-23-10-14-29-57(47)70-60(50)51/h1-38H. The molecule has 0 unspecified atom stereocenters. The fourth-order valence-electron chi connectivity index (χ4n) is 11.0. The molecule has 15 rings (SSSR count). The number of para-hydroxylation sites is 5. The summed E-state index contributed by atoms with van der Waals surface area (Å²) in [6, 6.07) is 81.6. The van der Waals surface area contributed by atoms with Gasteiger partial charge in [0, 0.05) is 60.0 Å². The first-order valence-electron chi connectivity index (χ1n) is 23.6. The van der Waals surface area contributed by atoms with Crippen LogP contribution in [0.25, 0.3) is 139 Å². The fraction of sp³-hybridized carbons (Fsp3) is 0. The van der Waals surface area contributed by atoms with Crippen LogP contribution in [-0.4, -0.2) is 28.7 Å². The SMILES string of the molecule is c1ccc(-c2ccc(-n3c4ccc(-n5c6ccccc6c6ccccc65)cc4c4ccc5c6ccccc6n(-c6nc(-c7ccccc7)nc(-c7cccc8c7oc7ccccc78)n6)c5c43)cc2)cc1. The molecule has 10 aromatic carbocycles. The Kier molecular flexibility index (Phi) is 8.23. The van der Waals surface area contributed by atoms with E-state index in [2.05, 4.69) is 208 Å². The van der Waals surface area contributed by atoms with E-state index in [-0.39, 0.29) is 0 Å². The van der Waals surface area contributed by atoms with Gasteiger partial charge in [-0.05, 0) is 71.8 Å². The molecular formula is C63H38N6O. The zero-order valence-electron chi connectivity index (χ0n) is 37.5. The molecular weight excluding hydrogens is 857 g/mol. The first kappa shape index (κ1) is 38.5. The van der Waals surface area contributed by atoms with Gasteiger partial charge in [0.25, 0.3) is 0 Å². The highest BCUT2D eigenvalue weighted by Crippen LogP contribution is 2.44. The van der Waals surface area contributed by atoms with Crippen molar-refractivity contribution in [1.29, 1.82) is 0 Å². The average Bonchev–Trinajstić information content (AvgIpc) is 4.18. The van der Waals surface area contributed by atoms with Crippen LogP contribution in [0, 0.1) is 0 Å². The lowest BCUT2D eigenvalue weighted by Crippen LogP contribution is -2.07. The average molecular weight is 895 g/mol. The summed E-state index contributed by atoms with van der Waals surface area (Å²) >= 11 is 0. The minimum absolute atomic E-state index is 0.512. The van der Waals surface area contributed by atoms with E-state index in [1.165, 1.54) is 27.4 Å². The lowest BCUT2D eigenvalue weighted by Gasteiger charge is -2.14. The highest BCUT2D eigenvalue weighted by Gasteiger charge is 2.25. The van der Waals surface area contributed by atoms with Gasteiger partial charge >= 0.3 is 0 Å². The fourth-order valence-corrected chi connectivity index (χ4v) is 11.0. The van der Waals surface area contributed by atoms with Crippen LogP contribution >= 0.6 is 0 Å². The number of hydrogen-bond donors (Lipinski definition) is 0. The van der Waals surface area contributed by atoms with Gasteiger partial charge in [-0.25, -0.2) is 4.98 Å². The Morgan fingerprint density at radius 1 is 0.300 bits per heavy atom. The van der Waals surface area contributed by atoms with Gasteiger partial charge in [-0.1, -0.05) is 170 Å². The van der Waals surface area contributed by atoms with Crippen LogP contribution in [-0.2, 0) is 0 Å². The van der Waals surface area contributed by atoms with E-state index in [1.807, 2.05) is 36.4 Å². The third-order valence-corrected chi connectivity index (χ3v) is 14.1. The van der Waals surface area contributed by atoms with Crippen LogP contribution in [0.2, 0.25) is 0 Å². The van der Waals surface area contributed by atoms with Gasteiger partial charge in [-0.2, -0.15) is 9.97 Å². The molecule has 0 saturated heterocycles. The molecule has 70 heavy (non-hydrogen) atoms. The second kappa shape index (κ2) is 15.0. The Morgan fingerprint density at radius 2 is 0.814 bits per heavy atom. The summed E-state index contributed by atoms with van der Waals surface area (Å²) < 4.78 is 13.7. The van der Waals surface area contributed by atoms with Gasteiger partial charge in [-0.15, -0.1) is 0 Å². The highest BCUT2D eigenvalue weighted by atomic mass is 16.3. The molecule has 0 aliphatic carbocycles. The number of furan rings is 1. The van der Waals surface area contributed by atoms with E-state index in [4.69, 9.17) is 19.4 Å². The topological polar surface area (TPSA) is 66.6 Å². The molecule has 7 nitrogen and oxygen atoms in total. The van der Waals surface area contributed by atoms with Crippen LogP contribution in [0.4, 0.5) is 0 Å². The van der Waals surface area contributed by atoms with Crippen molar-refractivity contribution in [3.8, 4) is 51.2 Å². The van der Waals surface area contributed by atoms with E-state index in [0.29, 0.717) is 17.6 Å². The van der Waals surface area contributed by atoms with Crippen molar-refractivity contribution in [2.24, 2.45) is 0 Å². The minimum Gasteiger partial charge on any atom is -0.455 e. The van der Waals surface area contributed by atoms with Crippen molar-refractivity contribution in [3.05, 3.63) is 231 Å². The molecule has 15 aromatic rings. The van der Waals surface area contributed by atoms with Crippen molar-refractivity contribution >= 4 is 87.4 Å². The number of rotatable bonds is 6. The van der Waals surface area contributed by atoms with Crippen LogP contribution in [0.1, 0.15) is 0 Å². The van der Waals surface area contributed by atoms with Gasteiger partial charge in [0.15, 0.2) is 11.6 Å². The third-order valence-electron chi connectivity index (χ3n) is 14.1. The van der Waals surface area contributed by atoms with Crippen LogP contribution in [0.3, 0.4) is 0 Å². The Balaban J connectivity index is 1.06. The van der Waals surface area contributed by atoms with Crippen molar-refractivity contribution < 1.29 is 4.42 Å². The normalized spacial score (nSPS) is 12.0. The molecule has 0 aliphatic heterocycles.